The summed E-state index contributed by atoms with van der Waals surface area (Å²) in [4.78, 5) is -3.51. The second kappa shape index (κ2) is 17.2. The molecule has 0 fully saturated rings. The van der Waals surface area contributed by atoms with Crippen LogP contribution in [0, 0.1) is 0 Å². The van der Waals surface area contributed by atoms with Crippen LogP contribution in [0.2, 0.25) is 0 Å². The van der Waals surface area contributed by atoms with Gasteiger partial charge in [0.1, 0.15) is 37.4 Å². The van der Waals surface area contributed by atoms with Gasteiger partial charge in [0.25, 0.3) is 40.5 Å². The fraction of sp³-hybridized carbons (Fsp3) is 0. The molecule has 0 aliphatic heterocycles. The summed E-state index contributed by atoms with van der Waals surface area (Å²) in [5.41, 5.74) is 4.42. The zero-order valence-corrected chi connectivity index (χ0v) is 35.5. The van der Waals surface area contributed by atoms with Crippen molar-refractivity contribution in [2.75, 3.05) is 5.73 Å². The summed E-state index contributed by atoms with van der Waals surface area (Å²) in [6.07, 6.45) is 0. The van der Waals surface area contributed by atoms with Crippen molar-refractivity contribution >= 4 is 113 Å². The van der Waals surface area contributed by atoms with Crippen LogP contribution in [0.1, 0.15) is 0 Å². The van der Waals surface area contributed by atoms with Crippen LogP contribution in [0.3, 0.4) is 0 Å². The maximum atomic E-state index is 12.9. The monoisotopic (exact) mass is 961 g/mol. The van der Waals surface area contributed by atoms with E-state index in [2.05, 4.69) is 40.9 Å². The zero-order chi connectivity index (χ0) is 47.1. The second-order valence-corrected chi connectivity index (χ2v) is 18.9. The van der Waals surface area contributed by atoms with Crippen LogP contribution in [-0.2, 0) is 40.5 Å². The first-order chi connectivity index (χ1) is 30.5. The van der Waals surface area contributed by atoms with Crippen LogP contribution in [0.4, 0.5) is 51.2 Å². The van der Waals surface area contributed by atoms with Crippen LogP contribution < -0.4 is 5.73 Å². The number of nitrogen functional groups attached to an aromatic ring is 1. The Kier molecular flexibility index (Phi) is 12.1. The van der Waals surface area contributed by atoms with Gasteiger partial charge in [0.2, 0.25) is 0 Å². The molecule has 65 heavy (non-hydrogen) atoms. The van der Waals surface area contributed by atoms with Gasteiger partial charge in [-0.05, 0) is 91.0 Å². The molecule has 0 saturated heterocycles. The van der Waals surface area contributed by atoms with Crippen molar-refractivity contribution in [1.82, 2.24) is 0 Å². The molecule has 0 bridgehead atoms. The predicted molar refractivity (Wildman–Crippen MR) is 231 cm³/mol. The third-order valence-corrected chi connectivity index (χ3v) is 12.6. The lowest BCUT2D eigenvalue weighted by molar-refractivity contribution is 0.471. The Labute approximate surface area is 366 Å². The zero-order valence-electron chi connectivity index (χ0n) is 32.2. The van der Waals surface area contributed by atoms with Gasteiger partial charge in [0, 0.05) is 16.2 Å². The van der Waals surface area contributed by atoms with E-state index in [9.17, 15) is 57.5 Å². The number of azo groups is 4. The highest BCUT2D eigenvalue weighted by molar-refractivity contribution is 7.87. The molecule has 0 aromatic heterocycles. The average molecular weight is 962 g/mol. The van der Waals surface area contributed by atoms with Crippen molar-refractivity contribution in [3.63, 3.8) is 0 Å². The number of fused-ring (bicyclic) bond motifs is 2. The number of nitrogens with two attached hydrogens (primary N) is 1. The summed E-state index contributed by atoms with van der Waals surface area (Å²) in [6, 6.07) is 24.2. The molecular formula is C38H27N9O14S4. The lowest BCUT2D eigenvalue weighted by atomic mass is 10.1. The van der Waals surface area contributed by atoms with E-state index < -0.39 is 100 Å². The number of aromatic hydroxyl groups is 2. The van der Waals surface area contributed by atoms with E-state index in [1.807, 2.05) is 0 Å². The molecule has 0 heterocycles. The standard InChI is InChI=1S/C38H27N9O14S4/c39-34-30(19-31(63(53,54)55)26-15-16-28(37(49)33(26)34)44-42-20-4-2-1-3-5-20)46-45-29-17-14-25-27(38(29)65(59,60)61)18-32(64(56,57)58)35(36(25)48)47-43-22-8-6-21(7-9-22)40-41-23-10-12-24(13-11-23)62(50,51)52/h1-19,48-49H,39H2,(H,50,51,52)(H,53,54,55)(H,56,57,58)(H,59,60,61). The summed E-state index contributed by atoms with van der Waals surface area (Å²) in [5.74, 6) is -1.73. The van der Waals surface area contributed by atoms with Gasteiger partial charge in [-0.2, -0.15) is 54.1 Å². The molecule has 7 aromatic rings. The minimum absolute atomic E-state index is 0.0443. The van der Waals surface area contributed by atoms with Crippen LogP contribution >= 0.6 is 0 Å². The van der Waals surface area contributed by atoms with E-state index >= 15 is 0 Å². The van der Waals surface area contributed by atoms with Gasteiger partial charge in [-0.1, -0.05) is 24.3 Å². The number of hydrogen-bond donors (Lipinski definition) is 7. The molecule has 332 valence electrons. The van der Waals surface area contributed by atoms with Crippen molar-refractivity contribution in [3.05, 3.63) is 115 Å². The van der Waals surface area contributed by atoms with Crippen molar-refractivity contribution in [2.24, 2.45) is 40.9 Å². The minimum Gasteiger partial charge on any atom is -0.505 e. The van der Waals surface area contributed by atoms with E-state index in [-0.39, 0.29) is 38.4 Å². The van der Waals surface area contributed by atoms with Crippen LogP contribution in [0.15, 0.2) is 176 Å². The molecule has 0 amide bonds. The molecule has 8 N–H and O–H groups in total. The highest BCUT2D eigenvalue weighted by atomic mass is 32.2. The molecule has 0 saturated carbocycles. The first-order valence-corrected chi connectivity index (χ1v) is 23.5. The Balaban J connectivity index is 1.28. The average Bonchev–Trinajstić information content (AvgIpc) is 3.24. The van der Waals surface area contributed by atoms with Gasteiger partial charge in [0.05, 0.1) is 38.7 Å². The van der Waals surface area contributed by atoms with Crippen LogP contribution in [-0.4, -0.2) is 62.1 Å². The number of anilines is 1. The first-order valence-electron chi connectivity index (χ1n) is 17.7. The van der Waals surface area contributed by atoms with Crippen molar-refractivity contribution in [1.29, 1.82) is 0 Å². The molecule has 0 spiro atoms. The van der Waals surface area contributed by atoms with Gasteiger partial charge in [0.15, 0.2) is 11.5 Å². The van der Waals surface area contributed by atoms with Gasteiger partial charge in [-0.15, -0.1) is 20.5 Å². The van der Waals surface area contributed by atoms with Crippen molar-refractivity contribution in [2.45, 2.75) is 19.6 Å². The summed E-state index contributed by atoms with van der Waals surface area (Å²) < 4.78 is 138. The van der Waals surface area contributed by atoms with Crippen LogP contribution in [0.5, 0.6) is 11.5 Å². The predicted octanol–water partition coefficient (Wildman–Crippen LogP) is 9.63. The van der Waals surface area contributed by atoms with E-state index in [0.29, 0.717) is 11.8 Å². The van der Waals surface area contributed by atoms with Crippen LogP contribution in [0.25, 0.3) is 21.5 Å². The smallest absolute Gasteiger partial charge is 0.297 e. The molecule has 27 heteroatoms. The number of nitrogens with zero attached hydrogens (tertiary/aromatic N) is 8. The SMILES string of the molecule is Nc1c(N=Nc2ccc3c(O)c(N=Nc4ccc(N=Nc5ccc(S(=O)(=O)O)cc5)cc4)c(S(=O)(=O)O)cc3c2S(=O)(=O)O)cc(S(=O)(=O)O)c2ccc(N=Nc3ccccc3)c(O)c12. The van der Waals surface area contributed by atoms with Crippen molar-refractivity contribution < 1.29 is 62.1 Å². The quantitative estimate of drug-likeness (QED) is 0.0340. The molecule has 23 nitrogen and oxygen atoms in total. The lowest BCUT2D eigenvalue weighted by Crippen LogP contribution is -2.03. The molecule has 0 aliphatic rings. The maximum absolute atomic E-state index is 12.9. The molecule has 0 radical (unpaired) electrons. The Bertz CT molecular complexity index is 3670. The highest BCUT2D eigenvalue weighted by Gasteiger charge is 2.28. The second-order valence-electron chi connectivity index (χ2n) is 13.3. The summed E-state index contributed by atoms with van der Waals surface area (Å²) >= 11 is 0. The first kappa shape index (κ1) is 45.5. The molecule has 0 aliphatic carbocycles. The summed E-state index contributed by atoms with van der Waals surface area (Å²) in [5, 5.41) is 51.8. The largest absolute Gasteiger partial charge is 0.505 e. The van der Waals surface area contributed by atoms with E-state index in [1.54, 1.807) is 30.3 Å². The fourth-order valence-electron chi connectivity index (χ4n) is 6.08. The molecule has 0 unspecified atom stereocenters. The number of phenols is 2. The lowest BCUT2D eigenvalue weighted by Gasteiger charge is -2.13. The Morgan fingerprint density at radius 1 is 0.400 bits per heavy atom. The fourth-order valence-corrected chi connectivity index (χ4v) is 8.73. The van der Waals surface area contributed by atoms with E-state index in [1.165, 1.54) is 48.5 Å². The van der Waals surface area contributed by atoms with Gasteiger partial charge < -0.3 is 15.9 Å². The third kappa shape index (κ3) is 9.85. The number of hydrogen-bond acceptors (Lipinski definition) is 19. The Morgan fingerprint density at radius 3 is 1.43 bits per heavy atom. The Morgan fingerprint density at radius 2 is 0.877 bits per heavy atom. The minimum atomic E-state index is -5.44. The van der Waals surface area contributed by atoms with Gasteiger partial charge >= 0.3 is 0 Å². The maximum Gasteiger partial charge on any atom is 0.297 e. The van der Waals surface area contributed by atoms with E-state index in [0.717, 1.165) is 30.3 Å². The number of benzene rings is 7. The number of rotatable bonds is 12. The third-order valence-electron chi connectivity index (χ3n) is 9.04. The number of phenolic OH excluding ortho intramolecular Hbond substituents is 2. The summed E-state index contributed by atoms with van der Waals surface area (Å²) in [6.45, 7) is 0. The van der Waals surface area contributed by atoms with Gasteiger partial charge in [-0.3, -0.25) is 18.2 Å². The molecule has 7 aromatic carbocycles. The topological polar surface area (TPSA) is 383 Å². The molecular weight excluding hydrogens is 935 g/mol. The Hall–Kier alpha value is -7.50. The normalized spacial score (nSPS) is 13.0. The van der Waals surface area contributed by atoms with Crippen molar-refractivity contribution in [3.8, 4) is 11.5 Å². The molecule has 7 rings (SSSR count). The van der Waals surface area contributed by atoms with Gasteiger partial charge in [-0.25, -0.2) is 0 Å². The molecule has 0 atom stereocenters. The van der Waals surface area contributed by atoms with E-state index in [4.69, 9.17) is 10.3 Å². The summed E-state index contributed by atoms with van der Waals surface area (Å²) in [7, 11) is -20.3. The highest BCUT2D eigenvalue weighted by Crippen LogP contribution is 2.48.